The second-order valence-corrected chi connectivity index (χ2v) is 5.01. The molecule has 1 amide bonds. The van der Waals surface area contributed by atoms with Gasteiger partial charge >= 0.3 is 0 Å². The number of nitrogens with two attached hydrogens (primary N) is 1. The number of nitrogen functional groups attached to an aromatic ring is 1. The predicted octanol–water partition coefficient (Wildman–Crippen LogP) is 2.85. The van der Waals surface area contributed by atoms with Crippen LogP contribution in [0.25, 0.3) is 0 Å². The van der Waals surface area contributed by atoms with E-state index in [1.54, 1.807) is 6.07 Å². The Kier molecular flexibility index (Phi) is 3.99. The van der Waals surface area contributed by atoms with Crippen LogP contribution in [-0.2, 0) is 0 Å². The predicted molar refractivity (Wildman–Crippen MR) is 81.4 cm³/mol. The molecule has 3 rings (SSSR count). The maximum absolute atomic E-state index is 12.1. The number of nitrogens with zero attached hydrogens (tertiary/aromatic N) is 1. The lowest BCUT2D eigenvalue weighted by molar-refractivity contribution is 0.102. The van der Waals surface area contributed by atoms with E-state index in [9.17, 15) is 4.79 Å². The molecule has 1 aromatic carbocycles. The third-order valence-corrected chi connectivity index (χ3v) is 3.36. The van der Waals surface area contributed by atoms with E-state index in [1.807, 2.05) is 25.1 Å². The zero-order valence-electron chi connectivity index (χ0n) is 11.1. The molecule has 1 aromatic heterocycles. The van der Waals surface area contributed by atoms with Crippen molar-refractivity contribution in [2.45, 2.75) is 25.7 Å². The van der Waals surface area contributed by atoms with E-state index in [-0.39, 0.29) is 18.3 Å². The molecule has 0 unspecified atom stereocenters. The molecule has 5 nitrogen and oxygen atoms in total. The number of halogens is 1. The fourth-order valence-electron chi connectivity index (χ4n) is 2.02. The van der Waals surface area contributed by atoms with E-state index in [2.05, 4.69) is 15.5 Å². The van der Waals surface area contributed by atoms with E-state index in [1.165, 1.54) is 12.8 Å². The summed E-state index contributed by atoms with van der Waals surface area (Å²) in [5.41, 5.74) is 9.51. The molecule has 0 aliphatic heterocycles. The SMILES string of the molecule is Cc1ccc(N)cc1NC(=O)c1cc(C2CC2)[nH]n1.Cl. The monoisotopic (exact) mass is 292 g/mol. The maximum Gasteiger partial charge on any atom is 0.276 e. The second-order valence-electron chi connectivity index (χ2n) is 5.01. The number of amides is 1. The lowest BCUT2D eigenvalue weighted by Crippen LogP contribution is -2.13. The molecule has 2 aromatic rings. The molecule has 1 saturated carbocycles. The number of carbonyl (C=O) groups is 1. The van der Waals surface area contributed by atoms with E-state index < -0.39 is 0 Å². The van der Waals surface area contributed by atoms with Crippen molar-refractivity contribution in [3.63, 3.8) is 0 Å². The first kappa shape index (κ1) is 14.4. The van der Waals surface area contributed by atoms with Crippen molar-refractivity contribution in [1.29, 1.82) is 0 Å². The average molecular weight is 293 g/mol. The minimum atomic E-state index is -0.211. The van der Waals surface area contributed by atoms with Crippen molar-refractivity contribution >= 4 is 29.7 Å². The molecule has 0 bridgehead atoms. The van der Waals surface area contributed by atoms with Crippen LogP contribution >= 0.6 is 12.4 Å². The molecule has 0 spiro atoms. The molecule has 1 aliphatic rings. The Morgan fingerprint density at radius 3 is 2.85 bits per heavy atom. The first-order valence-corrected chi connectivity index (χ1v) is 6.36. The van der Waals surface area contributed by atoms with Crippen molar-refractivity contribution < 1.29 is 4.79 Å². The molecule has 1 aliphatic carbocycles. The number of aryl methyl sites for hydroxylation is 1. The number of H-pyrrole nitrogens is 1. The van der Waals surface area contributed by atoms with Crippen molar-refractivity contribution in [2.75, 3.05) is 11.1 Å². The van der Waals surface area contributed by atoms with Crippen LogP contribution in [0.2, 0.25) is 0 Å². The maximum atomic E-state index is 12.1. The summed E-state index contributed by atoms with van der Waals surface area (Å²) in [6, 6.07) is 7.27. The van der Waals surface area contributed by atoms with Crippen LogP contribution in [0.5, 0.6) is 0 Å². The van der Waals surface area contributed by atoms with Gasteiger partial charge in [0, 0.05) is 23.0 Å². The molecule has 106 valence electrons. The lowest BCUT2D eigenvalue weighted by Gasteiger charge is -2.07. The standard InChI is InChI=1S/C14H16N4O.ClH/c1-8-2-5-10(15)6-11(8)16-14(19)13-7-12(17-18-13)9-3-4-9;/h2,5-7,9H,3-4,15H2,1H3,(H,16,19)(H,17,18);1H. The fourth-order valence-corrected chi connectivity index (χ4v) is 2.02. The summed E-state index contributed by atoms with van der Waals surface area (Å²) >= 11 is 0. The summed E-state index contributed by atoms with van der Waals surface area (Å²) in [6.45, 7) is 1.93. The Balaban J connectivity index is 0.00000147. The van der Waals surface area contributed by atoms with Crippen LogP contribution in [-0.4, -0.2) is 16.1 Å². The molecule has 6 heteroatoms. The van der Waals surface area contributed by atoms with Crippen LogP contribution in [0, 0.1) is 6.92 Å². The third kappa shape index (κ3) is 2.93. The van der Waals surface area contributed by atoms with Gasteiger partial charge < -0.3 is 11.1 Å². The van der Waals surface area contributed by atoms with Gasteiger partial charge in [-0.3, -0.25) is 9.89 Å². The highest BCUT2D eigenvalue weighted by Crippen LogP contribution is 2.39. The van der Waals surface area contributed by atoms with Crippen LogP contribution in [0.1, 0.15) is 40.5 Å². The number of nitrogens with one attached hydrogen (secondary N) is 2. The Morgan fingerprint density at radius 2 is 2.15 bits per heavy atom. The second kappa shape index (κ2) is 5.54. The van der Waals surface area contributed by atoms with Gasteiger partial charge in [-0.15, -0.1) is 12.4 Å². The Bertz CT molecular complexity index is 634. The molecule has 0 saturated heterocycles. The summed E-state index contributed by atoms with van der Waals surface area (Å²) in [5, 5.41) is 9.82. The van der Waals surface area contributed by atoms with Crippen LogP contribution < -0.4 is 11.1 Å². The van der Waals surface area contributed by atoms with Crippen molar-refractivity contribution in [2.24, 2.45) is 0 Å². The van der Waals surface area contributed by atoms with Gasteiger partial charge in [-0.05, 0) is 43.5 Å². The summed E-state index contributed by atoms with van der Waals surface area (Å²) in [5.74, 6) is 0.347. The number of carbonyl (C=O) groups excluding carboxylic acids is 1. The molecule has 0 radical (unpaired) electrons. The average Bonchev–Trinajstić information content (AvgIpc) is 3.11. The Morgan fingerprint density at radius 1 is 1.40 bits per heavy atom. The third-order valence-electron chi connectivity index (χ3n) is 3.36. The number of rotatable bonds is 3. The van der Waals surface area contributed by atoms with Gasteiger partial charge in [0.2, 0.25) is 0 Å². The van der Waals surface area contributed by atoms with Crippen molar-refractivity contribution in [3.05, 3.63) is 41.2 Å². The molecule has 0 atom stereocenters. The van der Waals surface area contributed by atoms with Gasteiger partial charge in [0.05, 0.1) is 0 Å². The summed E-state index contributed by atoms with van der Waals surface area (Å²) < 4.78 is 0. The molecular weight excluding hydrogens is 276 g/mol. The van der Waals surface area contributed by atoms with Gasteiger partial charge in [-0.25, -0.2) is 0 Å². The number of aromatic nitrogens is 2. The first-order valence-electron chi connectivity index (χ1n) is 6.36. The minimum Gasteiger partial charge on any atom is -0.399 e. The lowest BCUT2D eigenvalue weighted by atomic mass is 10.1. The normalized spacial score (nSPS) is 13.7. The molecule has 4 N–H and O–H groups in total. The summed E-state index contributed by atoms with van der Waals surface area (Å²) in [7, 11) is 0. The molecular formula is C14H17ClN4O. The Labute approximate surface area is 123 Å². The van der Waals surface area contributed by atoms with E-state index in [0.29, 0.717) is 17.3 Å². The summed E-state index contributed by atoms with van der Waals surface area (Å²) in [6.07, 6.45) is 2.36. The van der Waals surface area contributed by atoms with E-state index in [4.69, 9.17) is 5.73 Å². The molecule has 20 heavy (non-hydrogen) atoms. The number of anilines is 2. The Hall–Kier alpha value is -2.01. The van der Waals surface area contributed by atoms with E-state index >= 15 is 0 Å². The fraction of sp³-hybridized carbons (Fsp3) is 0.286. The number of hydrogen-bond acceptors (Lipinski definition) is 3. The van der Waals surface area contributed by atoms with Crippen molar-refractivity contribution in [3.8, 4) is 0 Å². The van der Waals surface area contributed by atoms with Crippen LogP contribution in [0.4, 0.5) is 11.4 Å². The topological polar surface area (TPSA) is 83.8 Å². The smallest absolute Gasteiger partial charge is 0.276 e. The number of benzene rings is 1. The quantitative estimate of drug-likeness (QED) is 0.761. The number of hydrogen-bond donors (Lipinski definition) is 3. The zero-order chi connectivity index (χ0) is 13.4. The largest absolute Gasteiger partial charge is 0.399 e. The van der Waals surface area contributed by atoms with Gasteiger partial charge in [0.25, 0.3) is 5.91 Å². The van der Waals surface area contributed by atoms with Gasteiger partial charge in [-0.1, -0.05) is 6.07 Å². The number of aromatic amines is 1. The minimum absolute atomic E-state index is 0. The van der Waals surface area contributed by atoms with Crippen LogP contribution in [0.3, 0.4) is 0 Å². The first-order chi connectivity index (χ1) is 9.13. The van der Waals surface area contributed by atoms with E-state index in [0.717, 1.165) is 16.9 Å². The van der Waals surface area contributed by atoms with Crippen molar-refractivity contribution in [1.82, 2.24) is 10.2 Å². The highest BCUT2D eigenvalue weighted by atomic mass is 35.5. The highest BCUT2D eigenvalue weighted by molar-refractivity contribution is 6.03. The molecule has 1 heterocycles. The van der Waals surface area contributed by atoms with Gasteiger partial charge in [-0.2, -0.15) is 5.10 Å². The van der Waals surface area contributed by atoms with Gasteiger partial charge in [0.15, 0.2) is 5.69 Å². The summed E-state index contributed by atoms with van der Waals surface area (Å²) in [4.78, 5) is 12.1. The molecule has 1 fully saturated rings. The zero-order valence-corrected chi connectivity index (χ0v) is 12.0. The van der Waals surface area contributed by atoms with Gasteiger partial charge in [0.1, 0.15) is 0 Å². The highest BCUT2D eigenvalue weighted by Gasteiger charge is 2.26. The van der Waals surface area contributed by atoms with Crippen LogP contribution in [0.15, 0.2) is 24.3 Å².